The van der Waals surface area contributed by atoms with Crippen LogP contribution >= 0.6 is 0 Å². The first kappa shape index (κ1) is 24.0. The van der Waals surface area contributed by atoms with E-state index in [1.807, 2.05) is 47.1 Å². The van der Waals surface area contributed by atoms with Crippen molar-refractivity contribution in [3.05, 3.63) is 71.9 Å². The number of hydrogen-bond acceptors (Lipinski definition) is 5. The molecule has 2 aromatic carbocycles. The van der Waals surface area contributed by atoms with Crippen molar-refractivity contribution in [1.29, 1.82) is 0 Å². The van der Waals surface area contributed by atoms with E-state index in [2.05, 4.69) is 60.0 Å². The minimum atomic E-state index is -0.157. The van der Waals surface area contributed by atoms with Gasteiger partial charge in [-0.2, -0.15) is 5.10 Å². The average Bonchev–Trinajstić information content (AvgIpc) is 3.34. The molecule has 3 heterocycles. The average molecular weight is 483 g/mol. The minimum absolute atomic E-state index is 0.130. The first-order valence-electron chi connectivity index (χ1n) is 12.8. The van der Waals surface area contributed by atoms with Crippen LogP contribution in [0.3, 0.4) is 0 Å². The molecule has 7 nitrogen and oxygen atoms in total. The maximum absolute atomic E-state index is 13.6. The van der Waals surface area contributed by atoms with Crippen molar-refractivity contribution in [2.24, 2.45) is 0 Å². The number of nitrogens with zero attached hydrogens (tertiary/aromatic N) is 5. The summed E-state index contributed by atoms with van der Waals surface area (Å²) < 4.78 is 1.87. The summed E-state index contributed by atoms with van der Waals surface area (Å²) in [5, 5.41) is 8.44. The van der Waals surface area contributed by atoms with Crippen LogP contribution in [0.25, 0.3) is 22.3 Å². The van der Waals surface area contributed by atoms with Crippen LogP contribution in [0.5, 0.6) is 0 Å². The third kappa shape index (κ3) is 4.71. The van der Waals surface area contributed by atoms with E-state index in [-0.39, 0.29) is 11.9 Å². The summed E-state index contributed by atoms with van der Waals surface area (Å²) in [6.07, 6.45) is 1.75. The van der Waals surface area contributed by atoms with Crippen LogP contribution in [0.1, 0.15) is 42.7 Å². The summed E-state index contributed by atoms with van der Waals surface area (Å²) in [6.45, 7) is 13.7. The van der Waals surface area contributed by atoms with E-state index in [4.69, 9.17) is 4.98 Å². The molecule has 5 rings (SSSR count). The van der Waals surface area contributed by atoms with E-state index in [1.165, 1.54) is 5.69 Å². The largest absolute Gasteiger partial charge is 0.369 e. The zero-order chi connectivity index (χ0) is 25.2. The monoisotopic (exact) mass is 482 g/mol. The van der Waals surface area contributed by atoms with Gasteiger partial charge in [-0.15, -0.1) is 0 Å². The van der Waals surface area contributed by atoms with E-state index in [9.17, 15) is 4.79 Å². The summed E-state index contributed by atoms with van der Waals surface area (Å²) in [5.41, 5.74) is 6.09. The number of benzene rings is 2. The molecule has 1 amide bonds. The molecule has 0 aliphatic carbocycles. The summed E-state index contributed by atoms with van der Waals surface area (Å²) in [4.78, 5) is 23.4. The number of aryl methyl sites for hydroxylation is 1. The maximum Gasteiger partial charge on any atom is 0.256 e. The standard InChI is InChI=1S/C29H34N6O/c1-5-33-13-15-34(16-14-33)23-11-12-26(21(4)17-23)32-29(36)24-18-27(22-9-7-6-8-10-22)31-28-25(24)19-30-35(28)20(2)3/h6-12,17-20H,5,13-16H2,1-4H3,(H,32,36). The summed E-state index contributed by atoms with van der Waals surface area (Å²) in [5.74, 6) is -0.157. The number of aromatic nitrogens is 3. The number of carbonyl (C=O) groups is 1. The number of nitrogens with one attached hydrogen (secondary N) is 1. The summed E-state index contributed by atoms with van der Waals surface area (Å²) in [6, 6.07) is 18.3. The molecule has 186 valence electrons. The van der Waals surface area contributed by atoms with Crippen molar-refractivity contribution < 1.29 is 4.79 Å². The smallest absolute Gasteiger partial charge is 0.256 e. The Morgan fingerprint density at radius 3 is 2.44 bits per heavy atom. The van der Waals surface area contributed by atoms with E-state index in [1.54, 1.807) is 6.20 Å². The SMILES string of the molecule is CCN1CCN(c2ccc(NC(=O)c3cc(-c4ccccc4)nc4c3cnn4C(C)C)c(C)c2)CC1. The van der Waals surface area contributed by atoms with Crippen LogP contribution in [-0.4, -0.2) is 58.3 Å². The molecule has 1 saturated heterocycles. The van der Waals surface area contributed by atoms with Gasteiger partial charge < -0.3 is 15.1 Å². The molecule has 7 heteroatoms. The van der Waals surface area contributed by atoms with Gasteiger partial charge in [-0.3, -0.25) is 4.79 Å². The molecule has 0 unspecified atom stereocenters. The topological polar surface area (TPSA) is 66.3 Å². The molecule has 0 spiro atoms. The number of hydrogen-bond donors (Lipinski definition) is 1. The zero-order valence-electron chi connectivity index (χ0n) is 21.5. The fourth-order valence-corrected chi connectivity index (χ4v) is 4.84. The predicted molar refractivity (Wildman–Crippen MR) is 147 cm³/mol. The number of amides is 1. The molecule has 1 N–H and O–H groups in total. The number of carbonyl (C=O) groups excluding carboxylic acids is 1. The van der Waals surface area contributed by atoms with Gasteiger partial charge in [-0.25, -0.2) is 9.67 Å². The number of anilines is 2. The number of pyridine rings is 1. The number of piperazine rings is 1. The van der Waals surface area contributed by atoms with Crippen molar-refractivity contribution in [2.75, 3.05) is 42.9 Å². The van der Waals surface area contributed by atoms with E-state index in [0.717, 1.165) is 66.3 Å². The van der Waals surface area contributed by atoms with Crippen molar-refractivity contribution in [2.45, 2.75) is 33.7 Å². The van der Waals surface area contributed by atoms with Crippen molar-refractivity contribution in [3.8, 4) is 11.3 Å². The Hall–Kier alpha value is -3.71. The van der Waals surface area contributed by atoms with Crippen LogP contribution in [0.2, 0.25) is 0 Å². The molecule has 1 aliphatic heterocycles. The molecule has 0 saturated carbocycles. The van der Waals surface area contributed by atoms with Gasteiger partial charge >= 0.3 is 0 Å². The van der Waals surface area contributed by atoms with Crippen molar-refractivity contribution >= 4 is 28.3 Å². The highest BCUT2D eigenvalue weighted by atomic mass is 16.1. The number of fused-ring (bicyclic) bond motifs is 1. The molecule has 1 aliphatic rings. The summed E-state index contributed by atoms with van der Waals surface area (Å²) >= 11 is 0. The van der Waals surface area contributed by atoms with Crippen molar-refractivity contribution in [1.82, 2.24) is 19.7 Å². The molecule has 2 aromatic heterocycles. The van der Waals surface area contributed by atoms with Crippen molar-refractivity contribution in [3.63, 3.8) is 0 Å². The lowest BCUT2D eigenvalue weighted by Gasteiger charge is -2.35. The normalized spacial score (nSPS) is 14.5. The van der Waals surface area contributed by atoms with Crippen LogP contribution in [0.4, 0.5) is 11.4 Å². The maximum atomic E-state index is 13.6. The molecule has 0 atom stereocenters. The Morgan fingerprint density at radius 1 is 1.03 bits per heavy atom. The lowest BCUT2D eigenvalue weighted by molar-refractivity contribution is 0.102. The van der Waals surface area contributed by atoms with Crippen LogP contribution in [-0.2, 0) is 0 Å². The second kappa shape index (κ2) is 10.1. The second-order valence-corrected chi connectivity index (χ2v) is 9.72. The van der Waals surface area contributed by atoms with Gasteiger partial charge in [0.2, 0.25) is 0 Å². The molecule has 0 bridgehead atoms. The second-order valence-electron chi connectivity index (χ2n) is 9.72. The Kier molecular flexibility index (Phi) is 6.74. The highest BCUT2D eigenvalue weighted by molar-refractivity contribution is 6.13. The number of rotatable bonds is 6. The first-order chi connectivity index (χ1) is 17.4. The molecular weight excluding hydrogens is 448 g/mol. The zero-order valence-corrected chi connectivity index (χ0v) is 21.5. The fourth-order valence-electron chi connectivity index (χ4n) is 4.84. The van der Waals surface area contributed by atoms with Gasteiger partial charge in [0.15, 0.2) is 5.65 Å². The lowest BCUT2D eigenvalue weighted by atomic mass is 10.1. The Balaban J connectivity index is 1.45. The quantitative estimate of drug-likeness (QED) is 0.400. The Morgan fingerprint density at radius 2 is 1.78 bits per heavy atom. The lowest BCUT2D eigenvalue weighted by Crippen LogP contribution is -2.46. The van der Waals surface area contributed by atoms with Crippen LogP contribution in [0, 0.1) is 6.92 Å². The first-order valence-corrected chi connectivity index (χ1v) is 12.8. The van der Waals surface area contributed by atoms with E-state index < -0.39 is 0 Å². The molecular formula is C29H34N6O. The van der Waals surface area contributed by atoms with E-state index in [0.29, 0.717) is 5.56 Å². The minimum Gasteiger partial charge on any atom is -0.369 e. The molecule has 0 radical (unpaired) electrons. The van der Waals surface area contributed by atoms with Gasteiger partial charge in [0.25, 0.3) is 5.91 Å². The molecule has 36 heavy (non-hydrogen) atoms. The van der Waals surface area contributed by atoms with E-state index >= 15 is 0 Å². The van der Waals surface area contributed by atoms with Gasteiger partial charge in [-0.05, 0) is 57.1 Å². The molecule has 4 aromatic rings. The third-order valence-electron chi connectivity index (χ3n) is 7.01. The molecule has 1 fully saturated rings. The fraction of sp³-hybridized carbons (Fsp3) is 0.345. The van der Waals surface area contributed by atoms with Gasteiger partial charge in [0, 0.05) is 49.2 Å². The highest BCUT2D eigenvalue weighted by Gasteiger charge is 2.20. The van der Waals surface area contributed by atoms with Gasteiger partial charge in [0.1, 0.15) is 0 Å². The van der Waals surface area contributed by atoms with Gasteiger partial charge in [-0.1, -0.05) is 37.3 Å². The highest BCUT2D eigenvalue weighted by Crippen LogP contribution is 2.28. The van der Waals surface area contributed by atoms with Crippen LogP contribution < -0.4 is 10.2 Å². The van der Waals surface area contributed by atoms with Crippen LogP contribution in [0.15, 0.2) is 60.8 Å². The predicted octanol–water partition coefficient (Wildman–Crippen LogP) is 5.38. The summed E-state index contributed by atoms with van der Waals surface area (Å²) in [7, 11) is 0. The number of likely N-dealkylation sites (N-methyl/N-ethyl adjacent to an activating group) is 1. The third-order valence-corrected chi connectivity index (χ3v) is 7.01. The van der Waals surface area contributed by atoms with Gasteiger partial charge in [0.05, 0.1) is 22.8 Å². The Labute approximate surface area is 212 Å². The Bertz CT molecular complexity index is 1370.